The van der Waals surface area contributed by atoms with E-state index >= 15 is 0 Å². The molecule has 0 saturated carbocycles. The first-order valence-corrected chi connectivity index (χ1v) is 8.25. The molecule has 3 aliphatic heterocycles. The summed E-state index contributed by atoms with van der Waals surface area (Å²) < 4.78 is 7.56. The predicted octanol–water partition coefficient (Wildman–Crippen LogP) is 3.77. The Kier molecular flexibility index (Phi) is 2.89. The molecule has 19 heavy (non-hydrogen) atoms. The van der Waals surface area contributed by atoms with E-state index in [4.69, 9.17) is 4.74 Å². The molecule has 1 spiro atoms. The zero-order valence-electron chi connectivity index (χ0n) is 11.2. The summed E-state index contributed by atoms with van der Waals surface area (Å²) in [7, 11) is 0. The Morgan fingerprint density at radius 2 is 2.21 bits per heavy atom. The van der Waals surface area contributed by atoms with Crippen molar-refractivity contribution in [2.75, 3.05) is 13.1 Å². The summed E-state index contributed by atoms with van der Waals surface area (Å²) in [6.45, 7) is 2.53. The minimum Gasteiger partial charge on any atom is -0.487 e. The topological polar surface area (TPSA) is 12.5 Å². The predicted molar refractivity (Wildman–Crippen MR) is 79.7 cm³/mol. The van der Waals surface area contributed by atoms with Crippen LogP contribution in [0.2, 0.25) is 0 Å². The second-order valence-corrected chi connectivity index (χ2v) is 7.27. The zero-order valence-corrected chi connectivity index (χ0v) is 12.8. The quantitative estimate of drug-likeness (QED) is 0.721. The van der Waals surface area contributed by atoms with Gasteiger partial charge in [0.2, 0.25) is 0 Å². The lowest BCUT2D eigenvalue weighted by Crippen LogP contribution is -2.54. The number of ether oxygens (including phenoxy) is 1. The number of nitrogens with zero attached hydrogens (tertiary/aromatic N) is 1. The van der Waals surface area contributed by atoms with E-state index in [0.717, 1.165) is 18.2 Å². The van der Waals surface area contributed by atoms with Crippen molar-refractivity contribution in [1.82, 2.24) is 4.90 Å². The number of piperidine rings is 2. The van der Waals surface area contributed by atoms with Crippen molar-refractivity contribution < 1.29 is 4.74 Å². The Morgan fingerprint density at radius 3 is 3.16 bits per heavy atom. The van der Waals surface area contributed by atoms with Crippen LogP contribution < -0.4 is 4.74 Å². The maximum Gasteiger partial charge on any atom is 0.123 e. The molecular formula is C16H20BrNO. The molecule has 2 atom stereocenters. The molecule has 3 heterocycles. The molecule has 0 unspecified atom stereocenters. The van der Waals surface area contributed by atoms with Gasteiger partial charge in [0.05, 0.1) is 0 Å². The number of fused-ring (bicyclic) bond motifs is 2. The van der Waals surface area contributed by atoms with Gasteiger partial charge in [0.25, 0.3) is 0 Å². The molecule has 0 aliphatic carbocycles. The largest absolute Gasteiger partial charge is 0.487 e. The third-order valence-electron chi connectivity index (χ3n) is 5.07. The number of hydrogen-bond acceptors (Lipinski definition) is 2. The van der Waals surface area contributed by atoms with Crippen LogP contribution >= 0.6 is 15.9 Å². The highest BCUT2D eigenvalue weighted by Crippen LogP contribution is 2.44. The molecule has 0 aromatic heterocycles. The van der Waals surface area contributed by atoms with Gasteiger partial charge in [0, 0.05) is 36.3 Å². The first kappa shape index (κ1) is 12.2. The molecule has 2 fully saturated rings. The van der Waals surface area contributed by atoms with E-state index in [1.165, 1.54) is 55.2 Å². The van der Waals surface area contributed by atoms with Crippen LogP contribution in [0.3, 0.4) is 0 Å². The highest BCUT2D eigenvalue weighted by atomic mass is 79.9. The lowest BCUT2D eigenvalue weighted by atomic mass is 9.80. The summed E-state index contributed by atoms with van der Waals surface area (Å²) in [5.74, 6) is 1.12. The molecule has 4 rings (SSSR count). The van der Waals surface area contributed by atoms with Gasteiger partial charge in [-0.15, -0.1) is 0 Å². The lowest BCUT2D eigenvalue weighted by Gasteiger charge is -2.46. The Balaban J connectivity index is 1.57. The standard InChI is InChI=1S/C16H20BrNO/c17-13-4-5-15-12(9-13)10-16(19-15)6-8-18-7-2-1-3-14(18)11-16/h4-5,9,14H,1-3,6-8,10-11H2/t14-,16-/m0/s1. The Labute approximate surface area is 123 Å². The van der Waals surface area contributed by atoms with Gasteiger partial charge in [-0.3, -0.25) is 0 Å². The van der Waals surface area contributed by atoms with Crippen LogP contribution in [-0.4, -0.2) is 29.6 Å². The molecule has 1 aromatic rings. The minimum atomic E-state index is 0.0988. The molecule has 0 bridgehead atoms. The van der Waals surface area contributed by atoms with Crippen molar-refractivity contribution in [2.24, 2.45) is 0 Å². The fraction of sp³-hybridized carbons (Fsp3) is 0.625. The van der Waals surface area contributed by atoms with Crippen molar-refractivity contribution in [1.29, 1.82) is 0 Å². The van der Waals surface area contributed by atoms with Gasteiger partial charge in [-0.05, 0) is 43.1 Å². The van der Waals surface area contributed by atoms with Crippen LogP contribution in [-0.2, 0) is 6.42 Å². The molecule has 2 nitrogen and oxygen atoms in total. The minimum absolute atomic E-state index is 0.0988. The van der Waals surface area contributed by atoms with Crippen LogP contribution in [0.5, 0.6) is 5.75 Å². The van der Waals surface area contributed by atoms with E-state index in [0.29, 0.717) is 0 Å². The second kappa shape index (κ2) is 4.49. The molecule has 102 valence electrons. The van der Waals surface area contributed by atoms with Crippen LogP contribution in [0.1, 0.15) is 37.7 Å². The van der Waals surface area contributed by atoms with Gasteiger partial charge in [-0.25, -0.2) is 0 Å². The first-order valence-electron chi connectivity index (χ1n) is 7.46. The van der Waals surface area contributed by atoms with Crippen molar-refractivity contribution >= 4 is 15.9 Å². The van der Waals surface area contributed by atoms with Crippen molar-refractivity contribution in [3.05, 3.63) is 28.2 Å². The van der Waals surface area contributed by atoms with Crippen LogP contribution in [0.4, 0.5) is 0 Å². The zero-order chi connectivity index (χ0) is 12.9. The van der Waals surface area contributed by atoms with E-state index in [9.17, 15) is 0 Å². The molecule has 0 amide bonds. The molecule has 3 heteroatoms. The van der Waals surface area contributed by atoms with Crippen molar-refractivity contribution in [3.8, 4) is 5.75 Å². The molecule has 0 radical (unpaired) electrons. The summed E-state index contributed by atoms with van der Waals surface area (Å²) >= 11 is 3.57. The third-order valence-corrected chi connectivity index (χ3v) is 5.57. The van der Waals surface area contributed by atoms with E-state index in [1.807, 2.05) is 0 Å². The van der Waals surface area contributed by atoms with Gasteiger partial charge >= 0.3 is 0 Å². The normalized spacial score (nSPS) is 33.8. The number of rotatable bonds is 0. The lowest BCUT2D eigenvalue weighted by molar-refractivity contribution is -0.0249. The summed E-state index contributed by atoms with van der Waals surface area (Å²) in [5, 5.41) is 0. The summed E-state index contributed by atoms with van der Waals surface area (Å²) in [4.78, 5) is 2.69. The summed E-state index contributed by atoms with van der Waals surface area (Å²) in [5.41, 5.74) is 1.49. The SMILES string of the molecule is Brc1ccc2c(c1)C[C@]1(CCN3CCCC[C@H]3C1)O2. The molecule has 3 aliphatic rings. The van der Waals surface area contributed by atoms with Gasteiger partial charge in [-0.2, -0.15) is 0 Å². The fourth-order valence-electron chi connectivity index (χ4n) is 4.12. The second-order valence-electron chi connectivity index (χ2n) is 6.35. The van der Waals surface area contributed by atoms with E-state index in [1.54, 1.807) is 0 Å². The summed E-state index contributed by atoms with van der Waals surface area (Å²) in [6.07, 6.45) is 7.67. The van der Waals surface area contributed by atoms with Gasteiger partial charge in [0.1, 0.15) is 11.4 Å². The van der Waals surface area contributed by atoms with Gasteiger partial charge < -0.3 is 9.64 Å². The first-order chi connectivity index (χ1) is 9.24. The van der Waals surface area contributed by atoms with E-state index in [-0.39, 0.29) is 5.60 Å². The molecular weight excluding hydrogens is 302 g/mol. The number of hydrogen-bond donors (Lipinski definition) is 0. The van der Waals surface area contributed by atoms with Crippen LogP contribution in [0.15, 0.2) is 22.7 Å². The maximum atomic E-state index is 6.39. The highest BCUT2D eigenvalue weighted by molar-refractivity contribution is 9.10. The number of halogens is 1. The van der Waals surface area contributed by atoms with Crippen LogP contribution in [0.25, 0.3) is 0 Å². The van der Waals surface area contributed by atoms with Crippen molar-refractivity contribution in [2.45, 2.75) is 50.2 Å². The van der Waals surface area contributed by atoms with E-state index in [2.05, 4.69) is 39.0 Å². The smallest absolute Gasteiger partial charge is 0.123 e. The molecule has 1 aromatic carbocycles. The van der Waals surface area contributed by atoms with Crippen LogP contribution in [0, 0.1) is 0 Å². The Bertz CT molecular complexity index is 504. The monoisotopic (exact) mass is 321 g/mol. The maximum absolute atomic E-state index is 6.39. The van der Waals surface area contributed by atoms with Crippen molar-refractivity contribution in [3.63, 3.8) is 0 Å². The average Bonchev–Trinajstić information content (AvgIpc) is 2.75. The fourth-order valence-corrected chi connectivity index (χ4v) is 4.53. The Morgan fingerprint density at radius 1 is 1.26 bits per heavy atom. The van der Waals surface area contributed by atoms with E-state index < -0.39 is 0 Å². The van der Waals surface area contributed by atoms with Gasteiger partial charge in [0.15, 0.2) is 0 Å². The van der Waals surface area contributed by atoms with Gasteiger partial charge in [-0.1, -0.05) is 22.4 Å². The number of benzene rings is 1. The third kappa shape index (κ3) is 2.11. The highest BCUT2D eigenvalue weighted by Gasteiger charge is 2.45. The molecule has 0 N–H and O–H groups in total. The summed E-state index contributed by atoms with van der Waals surface area (Å²) in [6, 6.07) is 7.21. The average molecular weight is 322 g/mol. The molecule has 2 saturated heterocycles. The Hall–Kier alpha value is -0.540.